The number of anilines is 1. The second kappa shape index (κ2) is 14.9. The zero-order chi connectivity index (χ0) is 31.7. The van der Waals surface area contributed by atoms with Crippen molar-refractivity contribution in [1.82, 2.24) is 10.2 Å². The molecule has 43 heavy (non-hydrogen) atoms. The fourth-order valence-electron chi connectivity index (χ4n) is 4.59. The van der Waals surface area contributed by atoms with Crippen molar-refractivity contribution in [2.75, 3.05) is 25.1 Å². The quantitative estimate of drug-likeness (QED) is 0.268. The van der Waals surface area contributed by atoms with Gasteiger partial charge in [-0.1, -0.05) is 61.4 Å². The number of benzene rings is 3. The molecule has 0 saturated heterocycles. The first-order valence-corrected chi connectivity index (χ1v) is 15.9. The highest BCUT2D eigenvalue weighted by molar-refractivity contribution is 7.92. The van der Waals surface area contributed by atoms with Crippen LogP contribution in [0.25, 0.3) is 0 Å². The summed E-state index contributed by atoms with van der Waals surface area (Å²) in [5.74, 6) is -0.185. The molecule has 0 heterocycles. The fourth-order valence-corrected chi connectivity index (χ4v) is 6.01. The molecule has 232 valence electrons. The predicted molar refractivity (Wildman–Crippen MR) is 169 cm³/mol. The first kappa shape index (κ1) is 33.5. The zero-order valence-electron chi connectivity index (χ0n) is 26.1. The number of sulfonamides is 1. The van der Waals surface area contributed by atoms with Crippen molar-refractivity contribution in [3.8, 4) is 11.5 Å². The van der Waals surface area contributed by atoms with Gasteiger partial charge in [-0.15, -0.1) is 0 Å². The summed E-state index contributed by atoms with van der Waals surface area (Å²) in [6.07, 6.45) is 1.07. The molecule has 2 atom stereocenters. The van der Waals surface area contributed by atoms with Gasteiger partial charge < -0.3 is 19.7 Å². The van der Waals surface area contributed by atoms with Crippen LogP contribution in [0.3, 0.4) is 0 Å². The van der Waals surface area contributed by atoms with Gasteiger partial charge in [0, 0.05) is 18.7 Å². The highest BCUT2D eigenvalue weighted by Gasteiger charge is 2.35. The van der Waals surface area contributed by atoms with E-state index in [0.29, 0.717) is 12.2 Å². The number of amides is 2. The van der Waals surface area contributed by atoms with Crippen LogP contribution in [0.15, 0.2) is 71.6 Å². The largest absolute Gasteiger partial charge is 0.497 e. The van der Waals surface area contributed by atoms with Crippen LogP contribution >= 0.6 is 0 Å². The Bertz CT molecular complexity index is 1490. The number of rotatable bonds is 14. The Morgan fingerprint density at radius 1 is 0.860 bits per heavy atom. The zero-order valence-corrected chi connectivity index (χ0v) is 26.9. The second-order valence-corrected chi connectivity index (χ2v) is 12.5. The van der Waals surface area contributed by atoms with Gasteiger partial charge in [0.25, 0.3) is 10.0 Å². The van der Waals surface area contributed by atoms with Gasteiger partial charge in [0.1, 0.15) is 24.1 Å². The summed E-state index contributed by atoms with van der Waals surface area (Å²) in [6.45, 7) is 9.09. The lowest BCUT2D eigenvalue weighted by Gasteiger charge is -2.34. The van der Waals surface area contributed by atoms with E-state index in [2.05, 4.69) is 5.32 Å². The Labute approximate surface area is 255 Å². The molecule has 1 N–H and O–H groups in total. The molecule has 0 bridgehead atoms. The maximum Gasteiger partial charge on any atom is 0.264 e. The molecule has 0 aliphatic carbocycles. The molecule has 0 aromatic heterocycles. The Hall–Kier alpha value is -4.05. The summed E-state index contributed by atoms with van der Waals surface area (Å²) in [4.78, 5) is 29.2. The van der Waals surface area contributed by atoms with Crippen LogP contribution in [0.1, 0.15) is 50.3 Å². The number of nitrogens with zero attached hydrogens (tertiary/aromatic N) is 2. The monoisotopic (exact) mass is 609 g/mol. The highest BCUT2D eigenvalue weighted by atomic mass is 32.2. The number of carbonyl (C=O) groups excluding carboxylic acids is 2. The highest BCUT2D eigenvalue weighted by Crippen LogP contribution is 2.36. The Kier molecular flexibility index (Phi) is 11.6. The normalized spacial score (nSPS) is 12.6. The third-order valence-electron chi connectivity index (χ3n) is 7.40. The number of nitrogens with one attached hydrogen (secondary N) is 1. The fraction of sp³-hybridized carbons (Fsp3) is 0.394. The van der Waals surface area contributed by atoms with Crippen molar-refractivity contribution < 1.29 is 27.5 Å². The summed E-state index contributed by atoms with van der Waals surface area (Å²) in [6, 6.07) is 18.0. The lowest BCUT2D eigenvalue weighted by atomic mass is 10.1. The van der Waals surface area contributed by atoms with E-state index >= 15 is 0 Å². The number of aryl methyl sites for hydroxylation is 2. The van der Waals surface area contributed by atoms with E-state index in [1.807, 2.05) is 58.9 Å². The number of hydrogen-bond acceptors (Lipinski definition) is 6. The maximum atomic E-state index is 14.3. The predicted octanol–water partition coefficient (Wildman–Crippen LogP) is 5.24. The van der Waals surface area contributed by atoms with Crippen LogP contribution in [0.4, 0.5) is 5.69 Å². The molecule has 0 fully saturated rings. The third kappa shape index (κ3) is 8.28. The SMILES string of the molecule is CC[C@@H](C)NC(=O)[C@H](CC)N(Cc1ccc(C)cc1)C(=O)CN(c1cc(OC)ccc1OC)S(=O)(=O)c1ccc(C)cc1. The summed E-state index contributed by atoms with van der Waals surface area (Å²) in [5.41, 5.74) is 2.91. The standard InChI is InChI=1S/C33H43N3O6S/c1-8-25(5)34-33(38)29(9-2)35(21-26-14-10-23(3)11-15-26)32(37)22-36(30-20-27(41-6)16-19-31(30)42-7)43(39,40)28-17-12-24(4)13-18-28/h10-20,25,29H,8-9,21-22H2,1-7H3,(H,34,38)/t25-,29+/m1/s1. The van der Waals surface area contributed by atoms with Gasteiger partial charge >= 0.3 is 0 Å². The molecule has 0 radical (unpaired) electrons. The van der Waals surface area contributed by atoms with Gasteiger partial charge in [0.2, 0.25) is 11.8 Å². The van der Waals surface area contributed by atoms with Gasteiger partial charge in [0.05, 0.1) is 24.8 Å². The van der Waals surface area contributed by atoms with E-state index in [1.165, 1.54) is 37.3 Å². The van der Waals surface area contributed by atoms with Crippen LogP contribution in [0.2, 0.25) is 0 Å². The Morgan fingerprint density at radius 2 is 1.47 bits per heavy atom. The van der Waals surface area contributed by atoms with Gasteiger partial charge in [-0.3, -0.25) is 13.9 Å². The molecule has 0 aliphatic rings. The molecule has 0 saturated carbocycles. The molecule has 0 spiro atoms. The van der Waals surface area contributed by atoms with Crippen LogP contribution in [-0.4, -0.2) is 58.0 Å². The number of ether oxygens (including phenoxy) is 2. The Balaban J connectivity index is 2.14. The molecule has 10 heteroatoms. The van der Waals surface area contributed by atoms with E-state index in [0.717, 1.165) is 27.4 Å². The first-order valence-electron chi connectivity index (χ1n) is 14.4. The topological polar surface area (TPSA) is 105 Å². The summed E-state index contributed by atoms with van der Waals surface area (Å²) < 4.78 is 40.4. The summed E-state index contributed by atoms with van der Waals surface area (Å²) in [7, 11) is -1.36. The smallest absolute Gasteiger partial charge is 0.264 e. The molecule has 0 unspecified atom stereocenters. The van der Waals surface area contributed by atoms with E-state index in [9.17, 15) is 18.0 Å². The molecule has 9 nitrogen and oxygen atoms in total. The van der Waals surface area contributed by atoms with Crippen LogP contribution in [-0.2, 0) is 26.2 Å². The average Bonchev–Trinajstić information content (AvgIpc) is 3.00. The molecule has 0 aliphatic heterocycles. The Morgan fingerprint density at radius 3 is 2.00 bits per heavy atom. The number of carbonyl (C=O) groups is 2. The lowest BCUT2D eigenvalue weighted by Crippen LogP contribution is -2.53. The van der Waals surface area contributed by atoms with Crippen LogP contribution in [0.5, 0.6) is 11.5 Å². The van der Waals surface area contributed by atoms with Crippen molar-refractivity contribution in [3.63, 3.8) is 0 Å². The van der Waals surface area contributed by atoms with Gasteiger partial charge in [0.15, 0.2) is 0 Å². The van der Waals surface area contributed by atoms with Crippen molar-refractivity contribution in [3.05, 3.63) is 83.4 Å². The third-order valence-corrected chi connectivity index (χ3v) is 9.18. The number of methoxy groups -OCH3 is 2. The van der Waals surface area contributed by atoms with Crippen molar-refractivity contribution >= 4 is 27.5 Å². The van der Waals surface area contributed by atoms with E-state index in [4.69, 9.17) is 9.47 Å². The van der Waals surface area contributed by atoms with Crippen LogP contribution < -0.4 is 19.1 Å². The molecular weight excluding hydrogens is 566 g/mol. The lowest BCUT2D eigenvalue weighted by molar-refractivity contribution is -0.140. The van der Waals surface area contributed by atoms with Crippen molar-refractivity contribution in [2.24, 2.45) is 0 Å². The van der Waals surface area contributed by atoms with Gasteiger partial charge in [-0.2, -0.15) is 0 Å². The van der Waals surface area contributed by atoms with E-state index < -0.39 is 28.5 Å². The summed E-state index contributed by atoms with van der Waals surface area (Å²) >= 11 is 0. The molecule has 3 aromatic carbocycles. The molecule has 3 aromatic rings. The minimum absolute atomic E-state index is 0.0161. The number of hydrogen-bond donors (Lipinski definition) is 1. The van der Waals surface area contributed by atoms with E-state index in [-0.39, 0.29) is 34.8 Å². The average molecular weight is 610 g/mol. The van der Waals surface area contributed by atoms with Gasteiger partial charge in [-0.25, -0.2) is 8.42 Å². The second-order valence-electron chi connectivity index (χ2n) is 10.6. The maximum absolute atomic E-state index is 14.3. The first-order chi connectivity index (χ1) is 20.4. The molecule has 3 rings (SSSR count). The van der Waals surface area contributed by atoms with Gasteiger partial charge in [-0.05, 0) is 63.4 Å². The van der Waals surface area contributed by atoms with E-state index in [1.54, 1.807) is 24.3 Å². The molecular formula is C33H43N3O6S. The molecule has 2 amide bonds. The summed E-state index contributed by atoms with van der Waals surface area (Å²) in [5, 5.41) is 2.99. The van der Waals surface area contributed by atoms with Crippen LogP contribution in [0, 0.1) is 13.8 Å². The minimum atomic E-state index is -4.26. The minimum Gasteiger partial charge on any atom is -0.497 e. The van der Waals surface area contributed by atoms with Crippen molar-refractivity contribution in [1.29, 1.82) is 0 Å². The van der Waals surface area contributed by atoms with Crippen molar-refractivity contribution in [2.45, 2.75) is 71.0 Å².